The molecule has 0 N–H and O–H groups in total. The zero-order valence-electron chi connectivity index (χ0n) is 20.9. The highest BCUT2D eigenvalue weighted by atomic mass is 16.3. The van der Waals surface area contributed by atoms with Crippen molar-refractivity contribution in [1.29, 1.82) is 0 Å². The Hall–Kier alpha value is -5.42. The molecule has 4 aromatic heterocycles. The molecular formula is C34H22N4O. The second-order valence-electron chi connectivity index (χ2n) is 9.61. The van der Waals surface area contributed by atoms with Crippen molar-refractivity contribution < 1.29 is 4.42 Å². The van der Waals surface area contributed by atoms with Crippen molar-refractivity contribution in [2.75, 3.05) is 0 Å². The smallest absolute Gasteiger partial charge is 0.227 e. The molecule has 0 unspecified atom stereocenters. The van der Waals surface area contributed by atoms with E-state index in [-0.39, 0.29) is 0 Å². The number of para-hydroxylation sites is 1. The van der Waals surface area contributed by atoms with Gasteiger partial charge in [0.2, 0.25) is 5.89 Å². The van der Waals surface area contributed by atoms with Gasteiger partial charge in [-0.2, -0.15) is 0 Å². The summed E-state index contributed by atoms with van der Waals surface area (Å²) in [4.78, 5) is 9.39. The Labute approximate surface area is 224 Å². The minimum atomic E-state index is 0.607. The summed E-state index contributed by atoms with van der Waals surface area (Å²) in [5.41, 5.74) is 8.93. The lowest BCUT2D eigenvalue weighted by Crippen LogP contribution is -1.95. The molecule has 0 saturated carbocycles. The van der Waals surface area contributed by atoms with Crippen LogP contribution in [0.15, 0.2) is 138 Å². The summed E-state index contributed by atoms with van der Waals surface area (Å²) in [6, 6.07) is 39.6. The summed E-state index contributed by atoms with van der Waals surface area (Å²) < 4.78 is 10.7. The summed E-state index contributed by atoms with van der Waals surface area (Å²) in [6.45, 7) is 0. The zero-order valence-corrected chi connectivity index (χ0v) is 20.9. The van der Waals surface area contributed by atoms with E-state index in [1.54, 1.807) is 0 Å². The van der Waals surface area contributed by atoms with Gasteiger partial charge in [-0.25, -0.2) is 4.98 Å². The number of benzene rings is 4. The van der Waals surface area contributed by atoms with Gasteiger partial charge in [-0.15, -0.1) is 0 Å². The maximum Gasteiger partial charge on any atom is 0.227 e. The van der Waals surface area contributed by atoms with Crippen molar-refractivity contribution in [3.8, 4) is 34.1 Å². The molecule has 0 aliphatic carbocycles. The van der Waals surface area contributed by atoms with Crippen LogP contribution in [0.5, 0.6) is 0 Å². The number of nitrogens with zero attached hydrogens (tertiary/aromatic N) is 4. The molecule has 0 amide bonds. The van der Waals surface area contributed by atoms with Gasteiger partial charge in [0.15, 0.2) is 5.58 Å². The lowest BCUT2D eigenvalue weighted by Gasteiger charge is -2.10. The van der Waals surface area contributed by atoms with Gasteiger partial charge >= 0.3 is 0 Å². The first kappa shape index (κ1) is 21.6. The van der Waals surface area contributed by atoms with E-state index in [0.29, 0.717) is 5.89 Å². The van der Waals surface area contributed by atoms with Gasteiger partial charge < -0.3 is 13.6 Å². The Kier molecular flexibility index (Phi) is 4.76. The zero-order chi connectivity index (χ0) is 25.8. The number of hydrogen-bond acceptors (Lipinski definition) is 3. The normalized spacial score (nSPS) is 11.6. The highest BCUT2D eigenvalue weighted by Crippen LogP contribution is 2.36. The molecule has 0 aliphatic heterocycles. The summed E-state index contributed by atoms with van der Waals surface area (Å²) >= 11 is 0. The molecule has 5 nitrogen and oxygen atoms in total. The van der Waals surface area contributed by atoms with E-state index in [0.717, 1.165) is 50.3 Å². The van der Waals surface area contributed by atoms with E-state index in [1.165, 1.54) is 10.8 Å². The van der Waals surface area contributed by atoms with E-state index in [2.05, 4.69) is 86.9 Å². The molecule has 0 radical (unpaired) electrons. The average molecular weight is 503 g/mol. The number of fused-ring (bicyclic) bond motifs is 4. The Bertz CT molecular complexity index is 2120. The third-order valence-electron chi connectivity index (χ3n) is 7.26. The monoisotopic (exact) mass is 502 g/mol. The summed E-state index contributed by atoms with van der Waals surface area (Å²) in [7, 11) is 0. The molecule has 0 fully saturated rings. The van der Waals surface area contributed by atoms with Crippen LogP contribution in [0.4, 0.5) is 0 Å². The third-order valence-corrected chi connectivity index (χ3v) is 7.26. The topological polar surface area (TPSA) is 48.8 Å². The second-order valence-corrected chi connectivity index (χ2v) is 9.61. The Morgan fingerprint density at radius 3 is 2.36 bits per heavy atom. The fourth-order valence-electron chi connectivity index (χ4n) is 5.42. The highest BCUT2D eigenvalue weighted by molar-refractivity contribution is 6.10. The van der Waals surface area contributed by atoms with E-state index >= 15 is 0 Å². The first-order valence-corrected chi connectivity index (χ1v) is 12.9. The molecule has 4 heterocycles. The van der Waals surface area contributed by atoms with Gasteiger partial charge in [0.25, 0.3) is 0 Å². The van der Waals surface area contributed by atoms with Crippen molar-refractivity contribution in [1.82, 2.24) is 19.1 Å². The van der Waals surface area contributed by atoms with Gasteiger partial charge in [-0.3, -0.25) is 4.98 Å². The Morgan fingerprint density at radius 2 is 1.46 bits per heavy atom. The summed E-state index contributed by atoms with van der Waals surface area (Å²) in [5.74, 6) is 0.607. The largest absolute Gasteiger partial charge is 0.436 e. The molecule has 0 saturated heterocycles. The van der Waals surface area contributed by atoms with E-state index in [4.69, 9.17) is 9.40 Å². The maximum absolute atomic E-state index is 6.30. The van der Waals surface area contributed by atoms with Crippen LogP contribution in [-0.4, -0.2) is 19.1 Å². The maximum atomic E-state index is 6.30. The predicted octanol–water partition coefficient (Wildman–Crippen LogP) is 8.44. The van der Waals surface area contributed by atoms with Crippen molar-refractivity contribution >= 4 is 32.9 Å². The molecule has 0 atom stereocenters. The lowest BCUT2D eigenvalue weighted by atomic mass is 10.1. The number of oxazole rings is 1. The van der Waals surface area contributed by atoms with Crippen LogP contribution in [-0.2, 0) is 0 Å². The molecule has 0 bridgehead atoms. The van der Waals surface area contributed by atoms with E-state index < -0.39 is 0 Å². The minimum absolute atomic E-state index is 0.607. The van der Waals surface area contributed by atoms with Crippen LogP contribution in [0.25, 0.3) is 67.0 Å². The quantitative estimate of drug-likeness (QED) is 0.243. The molecule has 0 spiro atoms. The van der Waals surface area contributed by atoms with Gasteiger partial charge in [-0.1, -0.05) is 42.5 Å². The SMILES string of the molecule is c1ccc(-c2cccc(-n3c4ccccc4c4ccc(-c5nc6ccc(-n7cccc7)cc6o5)cc43)c2)nc1. The van der Waals surface area contributed by atoms with Crippen LogP contribution >= 0.6 is 0 Å². The minimum Gasteiger partial charge on any atom is -0.436 e. The van der Waals surface area contributed by atoms with Gasteiger partial charge in [-0.05, 0) is 66.7 Å². The molecule has 5 heteroatoms. The average Bonchev–Trinajstić information content (AvgIpc) is 3.75. The van der Waals surface area contributed by atoms with E-state index in [9.17, 15) is 0 Å². The van der Waals surface area contributed by atoms with Crippen LogP contribution in [0, 0.1) is 0 Å². The summed E-state index contributed by atoms with van der Waals surface area (Å²) in [6.07, 6.45) is 5.87. The number of aromatic nitrogens is 4. The van der Waals surface area contributed by atoms with Gasteiger partial charge in [0.05, 0.1) is 16.7 Å². The molecule has 8 aromatic rings. The molecular weight excluding hydrogens is 480 g/mol. The number of pyridine rings is 1. The van der Waals surface area contributed by atoms with Gasteiger partial charge in [0.1, 0.15) is 5.52 Å². The Morgan fingerprint density at radius 1 is 0.590 bits per heavy atom. The molecule has 0 aliphatic rings. The van der Waals surface area contributed by atoms with Crippen LogP contribution in [0.1, 0.15) is 0 Å². The number of hydrogen-bond donors (Lipinski definition) is 0. The Balaban J connectivity index is 1.31. The first-order chi connectivity index (χ1) is 19.3. The molecule has 39 heavy (non-hydrogen) atoms. The standard InChI is InChI=1S/C34H22N4O/c1-2-12-31-27(10-1)28-15-13-24(34-36-30-16-14-25(22-33(30)39-34)37-18-5-6-19-37)21-32(28)38(31)26-9-7-8-23(20-26)29-11-3-4-17-35-29/h1-22H. The molecule has 8 rings (SSSR count). The van der Waals surface area contributed by atoms with Crippen LogP contribution < -0.4 is 0 Å². The van der Waals surface area contributed by atoms with Gasteiger partial charge in [0, 0.05) is 57.9 Å². The second kappa shape index (κ2) is 8.57. The summed E-state index contributed by atoms with van der Waals surface area (Å²) in [5, 5.41) is 2.39. The van der Waals surface area contributed by atoms with Crippen molar-refractivity contribution in [3.05, 3.63) is 134 Å². The lowest BCUT2D eigenvalue weighted by molar-refractivity contribution is 0.619. The van der Waals surface area contributed by atoms with Crippen molar-refractivity contribution in [2.45, 2.75) is 0 Å². The number of rotatable bonds is 4. The van der Waals surface area contributed by atoms with Crippen molar-refractivity contribution in [3.63, 3.8) is 0 Å². The fraction of sp³-hybridized carbons (Fsp3) is 0. The van der Waals surface area contributed by atoms with Crippen LogP contribution in [0.3, 0.4) is 0 Å². The van der Waals surface area contributed by atoms with E-state index in [1.807, 2.05) is 61.1 Å². The first-order valence-electron chi connectivity index (χ1n) is 12.9. The molecule has 184 valence electrons. The van der Waals surface area contributed by atoms with Crippen LogP contribution in [0.2, 0.25) is 0 Å². The fourth-order valence-corrected chi connectivity index (χ4v) is 5.42. The predicted molar refractivity (Wildman–Crippen MR) is 156 cm³/mol. The third kappa shape index (κ3) is 3.55. The van der Waals surface area contributed by atoms with Crippen molar-refractivity contribution in [2.24, 2.45) is 0 Å². The highest BCUT2D eigenvalue weighted by Gasteiger charge is 2.16. The molecule has 4 aromatic carbocycles.